The molecular weight excluding hydrogens is 393 g/mol. The van der Waals surface area contributed by atoms with Crippen molar-refractivity contribution in [2.24, 2.45) is 0 Å². The van der Waals surface area contributed by atoms with Gasteiger partial charge in [0, 0.05) is 32.5 Å². The van der Waals surface area contributed by atoms with Gasteiger partial charge in [0.25, 0.3) is 0 Å². The third-order valence-electron chi connectivity index (χ3n) is 2.60. The van der Waals surface area contributed by atoms with E-state index in [4.69, 9.17) is 16.3 Å². The number of benzene rings is 1. The van der Waals surface area contributed by atoms with Gasteiger partial charge in [0.2, 0.25) is 0 Å². The molecule has 0 radical (unpaired) electrons. The summed E-state index contributed by atoms with van der Waals surface area (Å²) in [4.78, 5) is 4.12. The summed E-state index contributed by atoms with van der Waals surface area (Å²) in [5, 5.41) is 0. The third-order valence-corrected chi connectivity index (χ3v) is 3.78. The van der Waals surface area contributed by atoms with E-state index in [-0.39, 0.29) is 0 Å². The smallest absolute Gasteiger partial charge is 0.127 e. The predicted octanol–water partition coefficient (Wildman–Crippen LogP) is 5.23. The maximum absolute atomic E-state index is 5.96. The zero-order valence-electron chi connectivity index (χ0n) is 10.3. The predicted molar refractivity (Wildman–Crippen MR) is 84.7 cm³/mol. The molecule has 0 saturated carbocycles. The standard InChI is InChI=1S/C14H12Br2ClNO/c1-9-2-12(15)4-11(5-17)14(9)19-8-10-3-13(16)7-18-6-10/h2-4,6-7H,5,8H2,1H3. The van der Waals surface area contributed by atoms with Crippen LogP contribution in [0.2, 0.25) is 0 Å². The first-order valence-electron chi connectivity index (χ1n) is 5.67. The number of ether oxygens (including phenoxy) is 1. The molecule has 0 bridgehead atoms. The zero-order chi connectivity index (χ0) is 13.8. The molecule has 0 spiro atoms. The molecule has 0 aliphatic rings. The SMILES string of the molecule is Cc1cc(Br)cc(CCl)c1OCc1cncc(Br)c1. The maximum Gasteiger partial charge on any atom is 0.127 e. The van der Waals surface area contributed by atoms with E-state index >= 15 is 0 Å². The van der Waals surface area contributed by atoms with Crippen LogP contribution in [-0.2, 0) is 12.5 Å². The number of pyridine rings is 1. The number of nitrogens with zero attached hydrogens (tertiary/aromatic N) is 1. The lowest BCUT2D eigenvalue weighted by Gasteiger charge is -2.13. The number of aryl methyl sites for hydroxylation is 1. The van der Waals surface area contributed by atoms with Crippen molar-refractivity contribution in [3.05, 3.63) is 56.2 Å². The lowest BCUT2D eigenvalue weighted by molar-refractivity contribution is 0.301. The Morgan fingerprint density at radius 1 is 1.16 bits per heavy atom. The summed E-state index contributed by atoms with van der Waals surface area (Å²) >= 11 is 12.8. The molecule has 2 aromatic rings. The van der Waals surface area contributed by atoms with E-state index in [1.807, 2.05) is 25.1 Å². The summed E-state index contributed by atoms with van der Waals surface area (Å²) in [6, 6.07) is 5.99. The Morgan fingerprint density at radius 2 is 1.95 bits per heavy atom. The molecule has 2 rings (SSSR count). The van der Waals surface area contributed by atoms with Crippen molar-refractivity contribution in [2.45, 2.75) is 19.4 Å². The van der Waals surface area contributed by atoms with Gasteiger partial charge in [-0.2, -0.15) is 0 Å². The van der Waals surface area contributed by atoms with Crippen molar-refractivity contribution in [3.63, 3.8) is 0 Å². The van der Waals surface area contributed by atoms with Crippen LogP contribution < -0.4 is 4.74 Å². The van der Waals surface area contributed by atoms with E-state index < -0.39 is 0 Å². The summed E-state index contributed by atoms with van der Waals surface area (Å²) in [5.74, 6) is 1.27. The van der Waals surface area contributed by atoms with Crippen LogP contribution in [0, 0.1) is 6.92 Å². The Labute approximate surface area is 134 Å². The van der Waals surface area contributed by atoms with Crippen LogP contribution in [0.25, 0.3) is 0 Å². The number of alkyl halides is 1. The minimum atomic E-state index is 0.423. The molecule has 0 unspecified atom stereocenters. The van der Waals surface area contributed by atoms with Crippen molar-refractivity contribution in [1.82, 2.24) is 4.98 Å². The number of rotatable bonds is 4. The van der Waals surface area contributed by atoms with Crippen LogP contribution in [0.1, 0.15) is 16.7 Å². The van der Waals surface area contributed by atoms with E-state index in [2.05, 4.69) is 36.8 Å². The Hall–Kier alpha value is -0.580. The third kappa shape index (κ3) is 3.94. The highest BCUT2D eigenvalue weighted by molar-refractivity contribution is 9.10. The fourth-order valence-corrected chi connectivity index (χ4v) is 3.03. The average Bonchev–Trinajstić information content (AvgIpc) is 2.37. The molecule has 0 aliphatic carbocycles. The Morgan fingerprint density at radius 3 is 2.63 bits per heavy atom. The molecule has 0 aliphatic heterocycles. The van der Waals surface area contributed by atoms with Gasteiger partial charge in [0.05, 0.1) is 5.88 Å². The van der Waals surface area contributed by atoms with Crippen molar-refractivity contribution in [2.75, 3.05) is 0 Å². The van der Waals surface area contributed by atoms with Gasteiger partial charge in [-0.15, -0.1) is 11.6 Å². The van der Waals surface area contributed by atoms with Gasteiger partial charge in [-0.05, 0) is 46.6 Å². The molecule has 0 amide bonds. The van der Waals surface area contributed by atoms with E-state index in [1.165, 1.54) is 0 Å². The van der Waals surface area contributed by atoms with Gasteiger partial charge in [0.1, 0.15) is 12.4 Å². The van der Waals surface area contributed by atoms with E-state index in [9.17, 15) is 0 Å². The van der Waals surface area contributed by atoms with Gasteiger partial charge in [0.15, 0.2) is 0 Å². The van der Waals surface area contributed by atoms with Gasteiger partial charge >= 0.3 is 0 Å². The van der Waals surface area contributed by atoms with Crippen molar-refractivity contribution in [1.29, 1.82) is 0 Å². The molecule has 100 valence electrons. The second-order valence-electron chi connectivity index (χ2n) is 4.14. The van der Waals surface area contributed by atoms with Gasteiger partial charge < -0.3 is 4.74 Å². The fourth-order valence-electron chi connectivity index (χ4n) is 1.80. The molecule has 0 atom stereocenters. The zero-order valence-corrected chi connectivity index (χ0v) is 14.2. The number of halogens is 3. The highest BCUT2D eigenvalue weighted by atomic mass is 79.9. The van der Waals surface area contributed by atoms with Gasteiger partial charge in [-0.3, -0.25) is 4.98 Å². The van der Waals surface area contributed by atoms with Crippen molar-refractivity contribution in [3.8, 4) is 5.75 Å². The molecule has 0 N–H and O–H groups in total. The average molecular weight is 406 g/mol. The van der Waals surface area contributed by atoms with Crippen molar-refractivity contribution < 1.29 is 4.74 Å². The number of hydrogen-bond acceptors (Lipinski definition) is 2. The first-order valence-corrected chi connectivity index (χ1v) is 7.79. The Balaban J connectivity index is 2.19. The fraction of sp³-hybridized carbons (Fsp3) is 0.214. The van der Waals surface area contributed by atoms with Crippen LogP contribution in [0.15, 0.2) is 39.5 Å². The first kappa shape index (κ1) is 14.8. The summed E-state index contributed by atoms with van der Waals surface area (Å²) < 4.78 is 7.84. The summed E-state index contributed by atoms with van der Waals surface area (Å²) in [7, 11) is 0. The number of hydrogen-bond donors (Lipinski definition) is 0. The van der Waals surface area contributed by atoms with Crippen LogP contribution in [0.5, 0.6) is 5.75 Å². The van der Waals surface area contributed by atoms with Gasteiger partial charge in [-0.1, -0.05) is 15.9 Å². The minimum Gasteiger partial charge on any atom is -0.488 e. The van der Waals surface area contributed by atoms with Crippen LogP contribution in [-0.4, -0.2) is 4.98 Å². The van der Waals surface area contributed by atoms with Crippen molar-refractivity contribution >= 4 is 43.5 Å². The lowest BCUT2D eigenvalue weighted by atomic mass is 10.1. The monoisotopic (exact) mass is 403 g/mol. The second kappa shape index (κ2) is 6.73. The van der Waals surface area contributed by atoms with E-state index in [0.717, 1.165) is 31.4 Å². The Kier molecular flexibility index (Phi) is 5.25. The molecule has 0 saturated heterocycles. The minimum absolute atomic E-state index is 0.423. The normalized spacial score (nSPS) is 10.5. The summed E-state index contributed by atoms with van der Waals surface area (Å²) in [6.07, 6.45) is 3.54. The molecule has 0 fully saturated rings. The van der Waals surface area contributed by atoms with Crippen LogP contribution in [0.4, 0.5) is 0 Å². The first-order chi connectivity index (χ1) is 9.10. The molecular formula is C14H12Br2ClNO. The quantitative estimate of drug-likeness (QED) is 0.650. The molecule has 5 heteroatoms. The topological polar surface area (TPSA) is 22.1 Å². The maximum atomic E-state index is 5.96. The van der Waals surface area contributed by atoms with Gasteiger partial charge in [-0.25, -0.2) is 0 Å². The molecule has 1 aromatic heterocycles. The lowest BCUT2D eigenvalue weighted by Crippen LogP contribution is -2.00. The second-order valence-corrected chi connectivity index (χ2v) is 6.24. The molecule has 1 aromatic carbocycles. The largest absolute Gasteiger partial charge is 0.488 e. The van der Waals surface area contributed by atoms with Crippen LogP contribution >= 0.6 is 43.5 Å². The van der Waals surface area contributed by atoms with E-state index in [0.29, 0.717) is 12.5 Å². The summed E-state index contributed by atoms with van der Waals surface area (Å²) in [5.41, 5.74) is 3.06. The number of aromatic nitrogens is 1. The summed E-state index contributed by atoms with van der Waals surface area (Å²) in [6.45, 7) is 2.48. The van der Waals surface area contributed by atoms with Crippen LogP contribution in [0.3, 0.4) is 0 Å². The molecule has 1 heterocycles. The highest BCUT2D eigenvalue weighted by Gasteiger charge is 2.09. The molecule has 2 nitrogen and oxygen atoms in total. The molecule has 19 heavy (non-hydrogen) atoms. The Bertz CT molecular complexity index is 590. The van der Waals surface area contributed by atoms with E-state index in [1.54, 1.807) is 12.4 Å². The highest BCUT2D eigenvalue weighted by Crippen LogP contribution is 2.30.